The van der Waals surface area contributed by atoms with Crippen LogP contribution in [0.25, 0.3) is 0 Å². The highest BCUT2D eigenvalue weighted by Crippen LogP contribution is 2.29. The number of aromatic nitrogens is 2. The molecule has 12 heavy (non-hydrogen) atoms. The summed E-state index contributed by atoms with van der Waals surface area (Å²) in [6.45, 7) is 3.38. The van der Waals surface area contributed by atoms with Gasteiger partial charge in [0.2, 0.25) is 0 Å². The lowest BCUT2D eigenvalue weighted by Crippen LogP contribution is -2.16. The molecule has 0 spiro atoms. The van der Waals surface area contributed by atoms with Crippen LogP contribution >= 0.6 is 31.9 Å². The number of nitrogens with zero attached hydrogens (tertiary/aromatic N) is 2. The summed E-state index contributed by atoms with van der Waals surface area (Å²) in [5, 5.41) is 0. The van der Waals surface area contributed by atoms with Crippen molar-refractivity contribution in [2.75, 3.05) is 0 Å². The minimum Gasteiger partial charge on any atom is -0.322 e. The van der Waals surface area contributed by atoms with Crippen LogP contribution in [0.15, 0.2) is 9.34 Å². The zero-order valence-electron chi connectivity index (χ0n) is 6.85. The molecule has 0 aromatic carbocycles. The number of imidazole rings is 1. The molecule has 0 bridgehead atoms. The van der Waals surface area contributed by atoms with Gasteiger partial charge in [-0.3, -0.25) is 0 Å². The molecule has 1 unspecified atom stereocenters. The minimum atomic E-state index is 0.789. The van der Waals surface area contributed by atoms with Crippen molar-refractivity contribution in [3.63, 3.8) is 0 Å². The molecule has 2 nitrogen and oxygen atoms in total. The van der Waals surface area contributed by atoms with Crippen molar-refractivity contribution >= 4 is 31.9 Å². The molecule has 0 saturated heterocycles. The van der Waals surface area contributed by atoms with Gasteiger partial charge in [-0.05, 0) is 50.6 Å². The van der Waals surface area contributed by atoms with Crippen LogP contribution in [0.4, 0.5) is 0 Å². The van der Waals surface area contributed by atoms with E-state index in [1.54, 1.807) is 0 Å². The van der Waals surface area contributed by atoms with Gasteiger partial charge in [0, 0.05) is 6.54 Å². The monoisotopic (exact) mass is 292 g/mol. The Labute approximate surface area is 88.6 Å². The fourth-order valence-corrected chi connectivity index (χ4v) is 2.98. The number of hydrogen-bond donors (Lipinski definition) is 0. The Hall–Kier alpha value is 0.170. The lowest BCUT2D eigenvalue weighted by molar-refractivity contribution is 0.412. The highest BCUT2D eigenvalue weighted by molar-refractivity contribution is 9.11. The zero-order valence-corrected chi connectivity index (χ0v) is 10.0. The molecular weight excluding hydrogens is 284 g/mol. The molecule has 1 aromatic heterocycles. The molecule has 0 saturated carbocycles. The molecule has 0 radical (unpaired) electrons. The quantitative estimate of drug-likeness (QED) is 0.719. The summed E-state index contributed by atoms with van der Waals surface area (Å²) in [6, 6.07) is 0. The van der Waals surface area contributed by atoms with Crippen molar-refractivity contribution in [3.8, 4) is 0 Å². The number of hydrogen-bond acceptors (Lipinski definition) is 1. The molecule has 1 atom stereocenters. The van der Waals surface area contributed by atoms with Crippen LogP contribution in [0.1, 0.15) is 19.0 Å². The lowest BCUT2D eigenvalue weighted by atomic mass is 9.99. The molecule has 2 rings (SSSR count). The van der Waals surface area contributed by atoms with E-state index < -0.39 is 0 Å². The van der Waals surface area contributed by atoms with Crippen LogP contribution in [0.5, 0.6) is 0 Å². The third-order valence-corrected chi connectivity index (χ3v) is 3.60. The van der Waals surface area contributed by atoms with Gasteiger partial charge in [-0.25, -0.2) is 4.98 Å². The summed E-state index contributed by atoms with van der Waals surface area (Å²) in [5.74, 6) is 0.789. The SMILES string of the molecule is CC1CCn2c(Br)nc(Br)c2C1. The second kappa shape index (κ2) is 3.14. The van der Waals surface area contributed by atoms with E-state index in [0.29, 0.717) is 0 Å². The van der Waals surface area contributed by atoms with Crippen LogP contribution in [0.2, 0.25) is 0 Å². The van der Waals surface area contributed by atoms with Crippen LogP contribution < -0.4 is 0 Å². The molecule has 1 aliphatic rings. The Kier molecular flexibility index (Phi) is 2.29. The number of halogens is 2. The van der Waals surface area contributed by atoms with Crippen molar-refractivity contribution in [2.45, 2.75) is 26.3 Å². The van der Waals surface area contributed by atoms with Crippen LogP contribution in [-0.2, 0) is 13.0 Å². The smallest absolute Gasteiger partial charge is 0.178 e. The van der Waals surface area contributed by atoms with Crippen molar-refractivity contribution in [1.29, 1.82) is 0 Å². The average Bonchev–Trinajstić information content (AvgIpc) is 2.28. The van der Waals surface area contributed by atoms with Crippen LogP contribution in [0.3, 0.4) is 0 Å². The van der Waals surface area contributed by atoms with E-state index in [1.807, 2.05) is 0 Å². The van der Waals surface area contributed by atoms with Crippen molar-refractivity contribution in [3.05, 3.63) is 15.0 Å². The van der Waals surface area contributed by atoms with Gasteiger partial charge in [-0.15, -0.1) is 0 Å². The van der Waals surface area contributed by atoms with E-state index >= 15 is 0 Å². The van der Waals surface area contributed by atoms with Crippen molar-refractivity contribution < 1.29 is 0 Å². The molecule has 1 aromatic rings. The van der Waals surface area contributed by atoms with Gasteiger partial charge in [-0.2, -0.15) is 0 Å². The maximum Gasteiger partial charge on any atom is 0.178 e. The summed E-state index contributed by atoms with van der Waals surface area (Å²) in [5.41, 5.74) is 1.33. The third kappa shape index (κ3) is 1.35. The molecule has 66 valence electrons. The summed E-state index contributed by atoms with van der Waals surface area (Å²) in [4.78, 5) is 4.32. The van der Waals surface area contributed by atoms with E-state index in [2.05, 4.69) is 48.3 Å². The molecule has 0 aliphatic carbocycles. The van der Waals surface area contributed by atoms with Gasteiger partial charge >= 0.3 is 0 Å². The third-order valence-electron chi connectivity index (χ3n) is 2.36. The first kappa shape index (κ1) is 8.75. The summed E-state index contributed by atoms with van der Waals surface area (Å²) in [6.07, 6.45) is 2.40. The Bertz CT molecular complexity index is 306. The molecule has 1 aliphatic heterocycles. The lowest BCUT2D eigenvalue weighted by Gasteiger charge is -2.20. The Morgan fingerprint density at radius 1 is 1.50 bits per heavy atom. The molecule has 0 N–H and O–H groups in total. The van der Waals surface area contributed by atoms with E-state index in [0.717, 1.165) is 28.2 Å². The Morgan fingerprint density at radius 2 is 2.25 bits per heavy atom. The molecule has 0 amide bonds. The summed E-state index contributed by atoms with van der Waals surface area (Å²) >= 11 is 6.91. The normalized spacial score (nSPS) is 22.4. The van der Waals surface area contributed by atoms with Gasteiger partial charge in [0.25, 0.3) is 0 Å². The molecular formula is C8H10Br2N2. The maximum absolute atomic E-state index is 4.32. The second-order valence-electron chi connectivity index (χ2n) is 3.37. The van der Waals surface area contributed by atoms with Crippen molar-refractivity contribution in [2.24, 2.45) is 5.92 Å². The van der Waals surface area contributed by atoms with Crippen molar-refractivity contribution in [1.82, 2.24) is 9.55 Å². The topological polar surface area (TPSA) is 17.8 Å². The highest BCUT2D eigenvalue weighted by atomic mass is 79.9. The fraction of sp³-hybridized carbons (Fsp3) is 0.625. The summed E-state index contributed by atoms with van der Waals surface area (Å²) in [7, 11) is 0. The van der Waals surface area contributed by atoms with E-state index in [4.69, 9.17) is 0 Å². The number of rotatable bonds is 0. The van der Waals surface area contributed by atoms with Gasteiger partial charge in [0.15, 0.2) is 4.73 Å². The van der Waals surface area contributed by atoms with E-state index in [1.165, 1.54) is 12.1 Å². The van der Waals surface area contributed by atoms with Crippen LogP contribution in [-0.4, -0.2) is 9.55 Å². The second-order valence-corrected chi connectivity index (χ2v) is 4.83. The first-order chi connectivity index (χ1) is 5.68. The standard InChI is InChI=1S/C8H10Br2N2/c1-5-2-3-12-6(4-5)7(9)11-8(12)10/h5H,2-4H2,1H3. The van der Waals surface area contributed by atoms with E-state index in [-0.39, 0.29) is 0 Å². The van der Waals surface area contributed by atoms with E-state index in [9.17, 15) is 0 Å². The Morgan fingerprint density at radius 3 is 3.00 bits per heavy atom. The minimum absolute atomic E-state index is 0.789. The Balaban J connectivity index is 2.45. The largest absolute Gasteiger partial charge is 0.322 e. The first-order valence-corrected chi connectivity index (χ1v) is 5.67. The first-order valence-electron chi connectivity index (χ1n) is 4.09. The van der Waals surface area contributed by atoms with Gasteiger partial charge < -0.3 is 4.57 Å². The molecule has 2 heterocycles. The average molecular weight is 294 g/mol. The number of fused-ring (bicyclic) bond motifs is 1. The fourth-order valence-electron chi connectivity index (χ4n) is 1.63. The summed E-state index contributed by atoms with van der Waals surface area (Å²) < 4.78 is 4.20. The van der Waals surface area contributed by atoms with Gasteiger partial charge in [-0.1, -0.05) is 6.92 Å². The maximum atomic E-state index is 4.32. The zero-order chi connectivity index (χ0) is 8.72. The predicted octanol–water partition coefficient (Wildman–Crippen LogP) is 2.99. The van der Waals surface area contributed by atoms with Gasteiger partial charge in [0.05, 0.1) is 5.69 Å². The highest BCUT2D eigenvalue weighted by Gasteiger charge is 2.20. The molecule has 0 fully saturated rings. The predicted molar refractivity (Wildman–Crippen MR) is 55.1 cm³/mol. The van der Waals surface area contributed by atoms with Gasteiger partial charge in [0.1, 0.15) is 4.60 Å². The van der Waals surface area contributed by atoms with Crippen LogP contribution in [0, 0.1) is 5.92 Å². The molecule has 4 heteroatoms.